The van der Waals surface area contributed by atoms with Crippen LogP contribution in [-0.2, 0) is 0 Å². The van der Waals surface area contributed by atoms with E-state index >= 15 is 0 Å². The summed E-state index contributed by atoms with van der Waals surface area (Å²) in [6.45, 7) is 10.4. The van der Waals surface area contributed by atoms with Crippen LogP contribution in [0.2, 0.25) is 0 Å². The van der Waals surface area contributed by atoms with Crippen molar-refractivity contribution in [3.8, 4) is 0 Å². The molecule has 62 valence electrons. The Morgan fingerprint density at radius 1 is 1.20 bits per heavy atom. The van der Waals surface area contributed by atoms with Crippen molar-refractivity contribution in [2.75, 3.05) is 19.6 Å². The zero-order valence-electron chi connectivity index (χ0n) is 7.61. The van der Waals surface area contributed by atoms with Crippen molar-refractivity contribution < 1.29 is 10.6 Å². The summed E-state index contributed by atoms with van der Waals surface area (Å²) >= 11 is 0. The quantitative estimate of drug-likeness (QED) is 0.495. The lowest BCUT2D eigenvalue weighted by Gasteiger charge is -2.16. The van der Waals surface area contributed by atoms with Crippen LogP contribution in [0, 0.1) is 0 Å². The molecular weight excluding hydrogens is 124 g/mol. The van der Waals surface area contributed by atoms with Gasteiger partial charge < -0.3 is 10.6 Å². The van der Waals surface area contributed by atoms with Crippen LogP contribution in [0.5, 0.6) is 0 Å². The van der Waals surface area contributed by atoms with Gasteiger partial charge >= 0.3 is 0 Å². The van der Waals surface area contributed by atoms with Gasteiger partial charge in [-0.2, -0.15) is 0 Å². The van der Waals surface area contributed by atoms with Gasteiger partial charge in [0, 0.05) is 6.42 Å². The number of quaternary nitrogens is 2. The van der Waals surface area contributed by atoms with E-state index in [-0.39, 0.29) is 0 Å². The average molecular weight is 146 g/mol. The molecule has 0 spiro atoms. The third kappa shape index (κ3) is 3.85. The zero-order valence-corrected chi connectivity index (χ0v) is 7.61. The number of hydrogen-bond acceptors (Lipinski definition) is 0. The zero-order chi connectivity index (χ0) is 7.98. The summed E-state index contributed by atoms with van der Waals surface area (Å²) in [5.41, 5.74) is 4.07. The van der Waals surface area contributed by atoms with Crippen molar-refractivity contribution >= 4 is 0 Å². The molecular formula is C8H22N2+2. The predicted molar refractivity (Wildman–Crippen MR) is 43.9 cm³/mol. The molecule has 0 aliphatic heterocycles. The molecule has 2 heteroatoms. The minimum atomic E-state index is 0.648. The molecule has 0 rings (SSSR count). The van der Waals surface area contributed by atoms with E-state index in [2.05, 4.69) is 26.5 Å². The van der Waals surface area contributed by atoms with Crippen molar-refractivity contribution in [2.45, 2.75) is 33.2 Å². The van der Waals surface area contributed by atoms with Gasteiger partial charge in [0.2, 0.25) is 0 Å². The fraction of sp³-hybridized carbons (Fsp3) is 1.00. The molecule has 0 aliphatic rings. The summed E-state index contributed by atoms with van der Waals surface area (Å²) in [7, 11) is 0. The van der Waals surface area contributed by atoms with E-state index in [1.807, 2.05) is 0 Å². The molecule has 2 nitrogen and oxygen atoms in total. The highest BCUT2D eigenvalue weighted by Gasteiger charge is 2.10. The van der Waals surface area contributed by atoms with Crippen LogP contribution >= 0.6 is 0 Å². The van der Waals surface area contributed by atoms with Crippen LogP contribution in [0.25, 0.3) is 0 Å². The topological polar surface area (TPSA) is 32.1 Å². The van der Waals surface area contributed by atoms with Gasteiger partial charge in [-0.3, -0.25) is 0 Å². The molecule has 0 aromatic heterocycles. The Balaban J connectivity index is 3.41. The Morgan fingerprint density at radius 3 is 2.00 bits per heavy atom. The molecule has 0 bridgehead atoms. The smallest absolute Gasteiger partial charge is 0.134 e. The van der Waals surface area contributed by atoms with Crippen molar-refractivity contribution in [3.05, 3.63) is 0 Å². The van der Waals surface area contributed by atoms with Gasteiger partial charge in [0.15, 0.2) is 0 Å². The van der Waals surface area contributed by atoms with E-state index < -0.39 is 0 Å². The van der Waals surface area contributed by atoms with Crippen molar-refractivity contribution in [1.82, 2.24) is 0 Å². The summed E-state index contributed by atoms with van der Waals surface area (Å²) in [4.78, 5) is 1.67. The third-order valence-electron chi connectivity index (χ3n) is 2.15. The van der Waals surface area contributed by atoms with Gasteiger partial charge in [-0.25, -0.2) is 0 Å². The lowest BCUT2D eigenvalue weighted by Crippen LogP contribution is -3.13. The van der Waals surface area contributed by atoms with Gasteiger partial charge in [-0.1, -0.05) is 6.92 Å². The summed E-state index contributed by atoms with van der Waals surface area (Å²) in [6, 6.07) is 0.648. The number of hydrogen-bond donors (Lipinski definition) is 2. The molecule has 0 heterocycles. The first-order valence-corrected chi connectivity index (χ1v) is 4.41. The average Bonchev–Trinajstić information content (AvgIpc) is 1.99. The van der Waals surface area contributed by atoms with E-state index in [1.54, 1.807) is 4.90 Å². The lowest BCUT2D eigenvalue weighted by molar-refractivity contribution is -0.905. The molecule has 0 aromatic carbocycles. The van der Waals surface area contributed by atoms with Crippen LogP contribution < -0.4 is 10.6 Å². The summed E-state index contributed by atoms with van der Waals surface area (Å²) in [6.07, 6.45) is 1.21. The second-order valence-corrected chi connectivity index (χ2v) is 2.94. The second-order valence-electron chi connectivity index (χ2n) is 2.94. The fourth-order valence-corrected chi connectivity index (χ4v) is 1.09. The minimum Gasteiger partial charge on any atom is -0.350 e. The van der Waals surface area contributed by atoms with Crippen LogP contribution in [-0.4, -0.2) is 25.7 Å². The van der Waals surface area contributed by atoms with Gasteiger partial charge in [0.05, 0.1) is 13.1 Å². The molecule has 1 atom stereocenters. The second kappa shape index (κ2) is 5.69. The van der Waals surface area contributed by atoms with E-state index in [4.69, 9.17) is 0 Å². The van der Waals surface area contributed by atoms with Crippen molar-refractivity contribution in [2.24, 2.45) is 0 Å². The highest BCUT2D eigenvalue weighted by molar-refractivity contribution is 4.43. The number of nitrogens with one attached hydrogen (secondary N) is 1. The van der Waals surface area contributed by atoms with Crippen LogP contribution in [0.15, 0.2) is 0 Å². The Kier molecular flexibility index (Phi) is 5.64. The number of rotatable bonds is 5. The molecule has 4 N–H and O–H groups in total. The molecule has 0 unspecified atom stereocenters. The lowest BCUT2D eigenvalue weighted by atomic mass is 10.2. The van der Waals surface area contributed by atoms with Crippen LogP contribution in [0.4, 0.5) is 0 Å². The first kappa shape index (κ1) is 9.92. The summed E-state index contributed by atoms with van der Waals surface area (Å²) in [5.74, 6) is 0. The van der Waals surface area contributed by atoms with Gasteiger partial charge in [-0.05, 0) is 13.8 Å². The first-order valence-electron chi connectivity index (χ1n) is 4.41. The Labute approximate surface area is 64.4 Å². The Hall–Kier alpha value is -0.0800. The maximum absolute atomic E-state index is 4.07. The largest absolute Gasteiger partial charge is 0.350 e. The Bertz CT molecular complexity index is 69.7. The molecule has 0 radical (unpaired) electrons. The molecule has 0 amide bonds. The van der Waals surface area contributed by atoms with Crippen LogP contribution in [0.3, 0.4) is 0 Å². The molecule has 0 aromatic rings. The highest BCUT2D eigenvalue weighted by atomic mass is 15.1. The monoisotopic (exact) mass is 146 g/mol. The van der Waals surface area contributed by atoms with E-state index in [9.17, 15) is 0 Å². The van der Waals surface area contributed by atoms with Gasteiger partial charge in [0.25, 0.3) is 0 Å². The predicted octanol–water partition coefficient (Wildman–Crippen LogP) is -1.07. The molecule has 0 fully saturated rings. The third-order valence-corrected chi connectivity index (χ3v) is 2.15. The normalized spacial score (nSPS) is 14.1. The molecule has 0 saturated carbocycles. The Morgan fingerprint density at radius 2 is 1.70 bits per heavy atom. The summed E-state index contributed by atoms with van der Waals surface area (Å²) in [5, 5.41) is 0. The maximum atomic E-state index is 4.07. The van der Waals surface area contributed by atoms with E-state index in [1.165, 1.54) is 26.1 Å². The van der Waals surface area contributed by atoms with E-state index in [0.29, 0.717) is 6.04 Å². The van der Waals surface area contributed by atoms with Gasteiger partial charge in [0.1, 0.15) is 12.6 Å². The minimum absolute atomic E-state index is 0.648. The van der Waals surface area contributed by atoms with Crippen LogP contribution in [0.1, 0.15) is 27.2 Å². The molecule has 0 saturated heterocycles. The van der Waals surface area contributed by atoms with Crippen molar-refractivity contribution in [3.63, 3.8) is 0 Å². The maximum Gasteiger partial charge on any atom is 0.134 e. The van der Waals surface area contributed by atoms with Gasteiger partial charge in [-0.15, -0.1) is 0 Å². The standard InChI is InChI=1S/C8H20N2/c1-4-8(9)7-10(5-2)6-3/h8H,4-7,9H2,1-3H3/p+2/t8-/m1/s1. The SMILES string of the molecule is CC[C@@H]([NH3+])C[NH+](CC)CC. The molecule has 10 heavy (non-hydrogen) atoms. The number of likely N-dealkylation sites (N-methyl/N-ethyl adjacent to an activating group) is 1. The molecule has 0 aliphatic carbocycles. The fourth-order valence-electron chi connectivity index (χ4n) is 1.09. The van der Waals surface area contributed by atoms with Crippen molar-refractivity contribution in [1.29, 1.82) is 0 Å². The summed E-state index contributed by atoms with van der Waals surface area (Å²) < 4.78 is 0. The highest BCUT2D eigenvalue weighted by Crippen LogP contribution is 1.75. The first-order chi connectivity index (χ1) is 4.74. The van der Waals surface area contributed by atoms with E-state index in [0.717, 1.165) is 0 Å².